The van der Waals surface area contributed by atoms with E-state index in [4.69, 9.17) is 9.57 Å². The van der Waals surface area contributed by atoms with Crippen molar-refractivity contribution < 1.29 is 39.6 Å². The van der Waals surface area contributed by atoms with Gasteiger partial charge in [0, 0.05) is 55.0 Å². The first-order valence-corrected chi connectivity index (χ1v) is 18.4. The third-order valence-electron chi connectivity index (χ3n) is 12.2. The fourth-order valence-corrected chi connectivity index (χ4v) is 8.95. The molecule has 0 aromatic heterocycles. The van der Waals surface area contributed by atoms with E-state index in [0.717, 1.165) is 23.2 Å². The molecule has 0 radical (unpaired) electrons. The zero-order valence-corrected chi connectivity index (χ0v) is 31.7. The Kier molecular flexibility index (Phi) is 11.0. The second-order valence-corrected chi connectivity index (χ2v) is 15.9. The first-order chi connectivity index (χ1) is 25.1. The summed E-state index contributed by atoms with van der Waals surface area (Å²) in [5.41, 5.74) is 4.24. The fraction of sp³-hybridized carbons (Fsp3) is 0.512. The average molecular weight is 731 g/mol. The number of hydroxylamine groups is 2. The van der Waals surface area contributed by atoms with Crippen LogP contribution in [0.5, 0.6) is 17.2 Å². The molecule has 2 bridgehead atoms. The summed E-state index contributed by atoms with van der Waals surface area (Å²) in [7, 11) is 5.34. The number of hydrogen-bond donors (Lipinski definition) is 6. The van der Waals surface area contributed by atoms with Crippen LogP contribution >= 0.6 is 0 Å². The first kappa shape index (κ1) is 38.4. The molecule has 0 spiro atoms. The summed E-state index contributed by atoms with van der Waals surface area (Å²) < 4.78 is 6.02. The van der Waals surface area contributed by atoms with E-state index in [0.29, 0.717) is 40.2 Å². The highest BCUT2D eigenvalue weighted by molar-refractivity contribution is 5.97. The molecule has 6 N–H and O–H groups in total. The van der Waals surface area contributed by atoms with Crippen LogP contribution in [0, 0.1) is 29.1 Å². The van der Waals surface area contributed by atoms with Crippen molar-refractivity contribution in [2.24, 2.45) is 29.1 Å². The lowest BCUT2D eigenvalue weighted by Crippen LogP contribution is -2.62. The van der Waals surface area contributed by atoms with Gasteiger partial charge in [0.15, 0.2) is 11.5 Å². The van der Waals surface area contributed by atoms with E-state index < -0.39 is 24.2 Å². The molecule has 4 fully saturated rings. The van der Waals surface area contributed by atoms with Gasteiger partial charge in [-0.1, -0.05) is 45.0 Å². The summed E-state index contributed by atoms with van der Waals surface area (Å²) in [6.45, 7) is 8.40. The monoisotopic (exact) mass is 730 g/mol. The highest BCUT2D eigenvalue weighted by atomic mass is 16.7. The number of rotatable bonds is 12. The van der Waals surface area contributed by atoms with Crippen LogP contribution in [-0.2, 0) is 22.7 Å². The number of carbonyl (C=O) groups excluding carboxylic acids is 2. The number of phenols is 2. The highest BCUT2D eigenvalue weighted by Crippen LogP contribution is 2.61. The molecule has 53 heavy (non-hydrogen) atoms. The maximum Gasteiger partial charge on any atom is 0.251 e. The molecule has 12 heteroatoms. The first-order valence-electron chi connectivity index (χ1n) is 18.4. The van der Waals surface area contributed by atoms with E-state index in [2.05, 4.69) is 31.4 Å². The number of ether oxygens (including phenoxy) is 1. The lowest BCUT2D eigenvalue weighted by Gasteiger charge is -2.62. The van der Waals surface area contributed by atoms with E-state index in [1.54, 1.807) is 37.3 Å². The smallest absolute Gasteiger partial charge is 0.251 e. The average Bonchev–Trinajstić information content (AvgIpc) is 3.50. The third-order valence-corrected chi connectivity index (χ3v) is 12.2. The lowest BCUT2D eigenvalue weighted by molar-refractivity contribution is -0.183. The largest absolute Gasteiger partial charge is 0.504 e. The number of anilines is 1. The topological polar surface area (TPSA) is 164 Å². The number of methoxy groups -OCH3 is 1. The summed E-state index contributed by atoms with van der Waals surface area (Å²) in [6, 6.07) is 14.8. The molecule has 3 aromatic rings. The number of aliphatic hydroxyl groups excluding tert-OH is 2. The number of para-hydroxylation sites is 1. The highest BCUT2D eigenvalue weighted by Gasteiger charge is 2.57. The van der Waals surface area contributed by atoms with Gasteiger partial charge < -0.3 is 40.7 Å². The molecule has 1 saturated heterocycles. The molecule has 3 saturated carbocycles. The summed E-state index contributed by atoms with van der Waals surface area (Å²) >= 11 is 0. The number of aliphatic hydroxyl groups is 2. The lowest BCUT2D eigenvalue weighted by atomic mass is 9.45. The van der Waals surface area contributed by atoms with E-state index in [9.17, 15) is 30.0 Å². The maximum atomic E-state index is 14.2. The van der Waals surface area contributed by atoms with Crippen LogP contribution in [0.2, 0.25) is 0 Å². The van der Waals surface area contributed by atoms with Crippen molar-refractivity contribution in [1.82, 2.24) is 15.7 Å². The summed E-state index contributed by atoms with van der Waals surface area (Å²) in [5.74, 6) is 0.221. The molecule has 8 atom stereocenters. The number of phenolic OH excluding ortho intramolecular Hbond substituents is 2. The number of nitrogens with one attached hydrogen (secondary N) is 2. The Morgan fingerprint density at radius 2 is 1.83 bits per heavy atom. The molecule has 2 amide bonds. The molecule has 3 aliphatic carbocycles. The summed E-state index contributed by atoms with van der Waals surface area (Å²) in [6.07, 6.45) is 0.400. The SMILES string of the molecule is COc1c(CN2O[C@@H](CO)[C@H]([C@H](C)O)[C@H]2C(=O)N[C@H]2C[C@H]3C[C@@H]([C@@H]2C)C3(C)C)cccc1-c1cc(C(=O)NCc2ccc(O)c(O)c2)cc(N(C)C)c1. The number of aromatic hydroxyl groups is 2. The molecule has 7 rings (SSSR count). The number of hydrogen-bond acceptors (Lipinski definition) is 10. The van der Waals surface area contributed by atoms with Crippen LogP contribution in [0.4, 0.5) is 5.69 Å². The zero-order chi connectivity index (χ0) is 38.4. The summed E-state index contributed by atoms with van der Waals surface area (Å²) in [5, 5.41) is 48.5. The number of fused-ring (bicyclic) bond motifs is 2. The molecular weight excluding hydrogens is 676 g/mol. The van der Waals surface area contributed by atoms with Gasteiger partial charge in [-0.05, 0) is 84.4 Å². The van der Waals surface area contributed by atoms with Crippen LogP contribution in [0.3, 0.4) is 0 Å². The Hall–Kier alpha value is -4.36. The van der Waals surface area contributed by atoms with Crippen molar-refractivity contribution in [3.63, 3.8) is 0 Å². The Morgan fingerprint density at radius 3 is 2.45 bits per heavy atom. The van der Waals surface area contributed by atoms with Gasteiger partial charge in [0.25, 0.3) is 5.91 Å². The van der Waals surface area contributed by atoms with Gasteiger partial charge in [-0.2, -0.15) is 5.06 Å². The minimum atomic E-state index is -0.921. The van der Waals surface area contributed by atoms with Crippen LogP contribution in [0.25, 0.3) is 11.1 Å². The molecular formula is C41H54N4O8. The molecule has 286 valence electrons. The van der Waals surface area contributed by atoms with Gasteiger partial charge in [0.05, 0.1) is 26.4 Å². The van der Waals surface area contributed by atoms with Gasteiger partial charge in [-0.15, -0.1) is 0 Å². The minimum absolute atomic E-state index is 0.0189. The second kappa shape index (κ2) is 15.2. The summed E-state index contributed by atoms with van der Waals surface area (Å²) in [4.78, 5) is 35.8. The van der Waals surface area contributed by atoms with E-state index in [1.807, 2.05) is 43.3 Å². The number of nitrogens with zero attached hydrogens (tertiary/aromatic N) is 2. The second-order valence-electron chi connectivity index (χ2n) is 15.9. The number of amides is 2. The van der Waals surface area contributed by atoms with Gasteiger partial charge in [-0.25, -0.2) is 0 Å². The Balaban J connectivity index is 1.27. The van der Waals surface area contributed by atoms with Crippen LogP contribution in [-0.4, -0.2) is 89.4 Å². The van der Waals surface area contributed by atoms with Gasteiger partial charge >= 0.3 is 0 Å². The number of benzene rings is 3. The van der Waals surface area contributed by atoms with Crippen molar-refractivity contribution in [3.8, 4) is 28.4 Å². The normalized spacial score (nSPS) is 26.7. The maximum absolute atomic E-state index is 14.2. The molecule has 3 aromatic carbocycles. The van der Waals surface area contributed by atoms with Crippen LogP contribution < -0.4 is 20.3 Å². The van der Waals surface area contributed by atoms with E-state index >= 15 is 0 Å². The Bertz CT molecular complexity index is 1830. The fourth-order valence-electron chi connectivity index (χ4n) is 8.95. The molecule has 0 unspecified atom stereocenters. The Labute approximate surface area is 311 Å². The van der Waals surface area contributed by atoms with Crippen molar-refractivity contribution >= 4 is 17.5 Å². The zero-order valence-electron chi connectivity index (χ0n) is 31.7. The minimum Gasteiger partial charge on any atom is -0.504 e. The van der Waals surface area contributed by atoms with Crippen LogP contribution in [0.15, 0.2) is 54.6 Å². The van der Waals surface area contributed by atoms with E-state index in [1.165, 1.54) is 18.6 Å². The van der Waals surface area contributed by atoms with Gasteiger partial charge in [-0.3, -0.25) is 14.4 Å². The molecule has 12 nitrogen and oxygen atoms in total. The van der Waals surface area contributed by atoms with Crippen molar-refractivity contribution in [3.05, 3.63) is 71.3 Å². The standard InChI is InChI=1S/C41H54N4O8/c1-22-31-17-28(41(31,3)4)18-32(22)43-40(51)37-36(23(2)47)35(21-46)53-45(37)20-25-9-8-10-30(38(25)52-7)26-14-27(16-29(15-26)44(5)6)39(50)42-19-24-11-12-33(48)34(49)13-24/h8-16,22-23,28,31-32,35-37,46-49H,17-21H2,1-7H3,(H,42,50)(H,43,51)/t22-,23-,28+,31-,32-,35-,36-,37-/m0/s1. The van der Waals surface area contributed by atoms with Crippen molar-refractivity contribution in [2.45, 2.75) is 77.9 Å². The van der Waals surface area contributed by atoms with E-state index in [-0.39, 0.29) is 54.5 Å². The molecule has 1 aliphatic heterocycles. The predicted octanol–water partition coefficient (Wildman–Crippen LogP) is 4.43. The molecule has 4 aliphatic rings. The van der Waals surface area contributed by atoms with Gasteiger partial charge in [0.2, 0.25) is 5.91 Å². The van der Waals surface area contributed by atoms with Crippen molar-refractivity contribution in [1.29, 1.82) is 0 Å². The quantitative estimate of drug-likeness (QED) is 0.147. The third kappa shape index (κ3) is 7.42. The Morgan fingerprint density at radius 1 is 1.08 bits per heavy atom. The van der Waals surface area contributed by atoms with Crippen molar-refractivity contribution in [2.75, 3.05) is 32.7 Å². The van der Waals surface area contributed by atoms with Gasteiger partial charge in [0.1, 0.15) is 17.9 Å². The van der Waals surface area contributed by atoms with Crippen LogP contribution in [0.1, 0.15) is 62.0 Å². The number of carbonyl (C=O) groups is 2. The predicted molar refractivity (Wildman–Crippen MR) is 201 cm³/mol. The molecule has 1 heterocycles.